The van der Waals surface area contributed by atoms with Gasteiger partial charge in [0.25, 0.3) is 0 Å². The van der Waals surface area contributed by atoms with Gasteiger partial charge in [-0.1, -0.05) is 6.07 Å². The van der Waals surface area contributed by atoms with Gasteiger partial charge in [0, 0.05) is 5.69 Å². The van der Waals surface area contributed by atoms with Crippen molar-refractivity contribution < 1.29 is 0 Å². The van der Waals surface area contributed by atoms with E-state index in [9.17, 15) is 0 Å². The van der Waals surface area contributed by atoms with Gasteiger partial charge < -0.3 is 4.57 Å². The molecule has 0 unspecified atom stereocenters. The van der Waals surface area contributed by atoms with Gasteiger partial charge in [0.2, 0.25) is 0 Å². The average molecular weight is 211 g/mol. The lowest BCUT2D eigenvalue weighted by molar-refractivity contribution is 0.994. The summed E-state index contributed by atoms with van der Waals surface area (Å²) in [5.41, 5.74) is 4.73. The van der Waals surface area contributed by atoms with E-state index in [0.29, 0.717) is 5.56 Å². The van der Waals surface area contributed by atoms with E-state index in [-0.39, 0.29) is 0 Å². The maximum Gasteiger partial charge on any atom is 0.101 e. The van der Waals surface area contributed by atoms with Crippen molar-refractivity contribution in [3.8, 4) is 11.8 Å². The van der Waals surface area contributed by atoms with Gasteiger partial charge in [0.15, 0.2) is 0 Å². The number of aromatic nitrogens is 2. The molecule has 0 spiro atoms. The maximum absolute atomic E-state index is 9.12. The summed E-state index contributed by atoms with van der Waals surface area (Å²) in [5.74, 6) is 0. The van der Waals surface area contributed by atoms with Crippen LogP contribution < -0.4 is 0 Å². The summed E-state index contributed by atoms with van der Waals surface area (Å²) in [6.07, 6.45) is 1.76. The highest BCUT2D eigenvalue weighted by molar-refractivity contribution is 5.51. The molecule has 1 aromatic heterocycles. The van der Waals surface area contributed by atoms with Crippen molar-refractivity contribution in [2.24, 2.45) is 0 Å². The Labute approximate surface area is 95.0 Å². The lowest BCUT2D eigenvalue weighted by Crippen LogP contribution is -1.99. The highest BCUT2D eigenvalue weighted by atomic mass is 15.1. The topological polar surface area (TPSA) is 41.6 Å². The van der Waals surface area contributed by atoms with E-state index in [2.05, 4.69) is 11.1 Å². The Morgan fingerprint density at radius 2 is 2.00 bits per heavy atom. The predicted octanol–water partition coefficient (Wildman–Crippen LogP) is 2.67. The van der Waals surface area contributed by atoms with Crippen LogP contribution in [0.1, 0.15) is 22.5 Å². The molecule has 0 aliphatic carbocycles. The molecule has 0 aliphatic heterocycles. The Hall–Kier alpha value is -2.08. The minimum atomic E-state index is 0.681. The quantitative estimate of drug-likeness (QED) is 0.727. The van der Waals surface area contributed by atoms with Crippen molar-refractivity contribution in [3.05, 3.63) is 47.0 Å². The third kappa shape index (κ3) is 1.59. The Kier molecular flexibility index (Phi) is 2.49. The van der Waals surface area contributed by atoms with Crippen molar-refractivity contribution in [2.45, 2.75) is 20.8 Å². The summed E-state index contributed by atoms with van der Waals surface area (Å²) in [5, 5.41) is 9.12. The number of benzene rings is 1. The van der Waals surface area contributed by atoms with E-state index in [1.54, 1.807) is 6.33 Å². The second-order valence-electron chi connectivity index (χ2n) is 3.92. The first-order chi connectivity index (χ1) is 7.63. The van der Waals surface area contributed by atoms with Crippen molar-refractivity contribution in [1.82, 2.24) is 9.55 Å². The van der Waals surface area contributed by atoms with Crippen LogP contribution in [-0.2, 0) is 0 Å². The van der Waals surface area contributed by atoms with Crippen LogP contribution in [0.15, 0.2) is 24.5 Å². The highest BCUT2D eigenvalue weighted by Gasteiger charge is 2.08. The predicted molar refractivity (Wildman–Crippen MR) is 62.5 cm³/mol. The summed E-state index contributed by atoms with van der Waals surface area (Å²) >= 11 is 0. The molecule has 0 N–H and O–H groups in total. The smallest absolute Gasteiger partial charge is 0.101 e. The number of imidazole rings is 1. The van der Waals surface area contributed by atoms with Crippen LogP contribution in [0.25, 0.3) is 5.69 Å². The van der Waals surface area contributed by atoms with Crippen molar-refractivity contribution >= 4 is 0 Å². The Balaban J connectivity index is 2.65. The van der Waals surface area contributed by atoms with Gasteiger partial charge in [-0.3, -0.25) is 0 Å². The molecule has 1 heterocycles. The zero-order chi connectivity index (χ0) is 11.7. The van der Waals surface area contributed by atoms with Crippen LogP contribution in [0.5, 0.6) is 0 Å². The summed E-state index contributed by atoms with van der Waals surface area (Å²) < 4.78 is 1.95. The summed E-state index contributed by atoms with van der Waals surface area (Å²) in [6.45, 7) is 5.95. The van der Waals surface area contributed by atoms with Crippen LogP contribution in [0.4, 0.5) is 0 Å². The molecule has 0 fully saturated rings. The van der Waals surface area contributed by atoms with Crippen molar-refractivity contribution in [3.63, 3.8) is 0 Å². The molecule has 1 aromatic carbocycles. The first-order valence-corrected chi connectivity index (χ1v) is 5.15. The second kappa shape index (κ2) is 3.82. The number of nitrogens with zero attached hydrogens (tertiary/aromatic N) is 3. The van der Waals surface area contributed by atoms with Gasteiger partial charge in [-0.2, -0.15) is 5.26 Å². The third-order valence-electron chi connectivity index (χ3n) is 2.78. The monoisotopic (exact) mass is 211 g/mol. The van der Waals surface area contributed by atoms with Crippen LogP contribution >= 0.6 is 0 Å². The fourth-order valence-corrected chi connectivity index (χ4v) is 1.69. The number of hydrogen-bond acceptors (Lipinski definition) is 2. The Morgan fingerprint density at radius 1 is 1.25 bits per heavy atom. The van der Waals surface area contributed by atoms with Crippen LogP contribution in [0.2, 0.25) is 0 Å². The maximum atomic E-state index is 9.12. The largest absolute Gasteiger partial charge is 0.302 e. The van der Waals surface area contributed by atoms with Gasteiger partial charge in [0.1, 0.15) is 6.07 Å². The van der Waals surface area contributed by atoms with Crippen LogP contribution in [0, 0.1) is 32.1 Å². The molecule has 0 atom stereocenters. The average Bonchev–Trinajstić information content (AvgIpc) is 2.60. The highest BCUT2D eigenvalue weighted by Crippen LogP contribution is 2.18. The molecule has 0 amide bonds. The molecular formula is C13H13N3. The standard InChI is InChI=1S/C13H13N3/c1-9-4-5-13(12(6-9)7-14)16-8-15-10(2)11(16)3/h4-6,8H,1-3H3. The second-order valence-corrected chi connectivity index (χ2v) is 3.92. The molecule has 0 aliphatic rings. The van der Waals surface area contributed by atoms with Crippen molar-refractivity contribution in [2.75, 3.05) is 0 Å². The molecule has 3 heteroatoms. The molecule has 0 saturated heterocycles. The number of hydrogen-bond donors (Lipinski definition) is 0. The van der Waals surface area contributed by atoms with E-state index in [0.717, 1.165) is 22.6 Å². The summed E-state index contributed by atoms with van der Waals surface area (Å²) in [7, 11) is 0. The SMILES string of the molecule is Cc1ccc(-n2cnc(C)c2C)c(C#N)c1. The number of nitriles is 1. The Morgan fingerprint density at radius 3 is 2.56 bits per heavy atom. The molecule has 0 saturated carbocycles. The van der Waals surface area contributed by atoms with Gasteiger partial charge in [-0.05, 0) is 38.5 Å². The van der Waals surface area contributed by atoms with Gasteiger partial charge in [-0.15, -0.1) is 0 Å². The molecular weight excluding hydrogens is 198 g/mol. The lowest BCUT2D eigenvalue weighted by atomic mass is 10.1. The molecule has 0 bridgehead atoms. The van der Waals surface area contributed by atoms with E-state index >= 15 is 0 Å². The number of aryl methyl sites for hydroxylation is 2. The normalized spacial score (nSPS) is 10.1. The first kappa shape index (κ1) is 10.4. The van der Waals surface area contributed by atoms with E-state index in [1.165, 1.54) is 0 Å². The minimum absolute atomic E-state index is 0.681. The zero-order valence-corrected chi connectivity index (χ0v) is 9.65. The van der Waals surface area contributed by atoms with E-state index in [1.807, 2.05) is 43.5 Å². The fourth-order valence-electron chi connectivity index (χ4n) is 1.69. The van der Waals surface area contributed by atoms with Gasteiger partial charge >= 0.3 is 0 Å². The molecule has 3 nitrogen and oxygen atoms in total. The summed E-state index contributed by atoms with van der Waals surface area (Å²) in [6, 6.07) is 8.08. The van der Waals surface area contributed by atoms with E-state index in [4.69, 9.17) is 5.26 Å². The summed E-state index contributed by atoms with van der Waals surface area (Å²) in [4.78, 5) is 4.24. The van der Waals surface area contributed by atoms with Crippen LogP contribution in [0.3, 0.4) is 0 Å². The Bertz CT molecular complexity index is 573. The molecule has 2 rings (SSSR count). The van der Waals surface area contributed by atoms with Gasteiger partial charge in [0.05, 0.1) is 23.3 Å². The first-order valence-electron chi connectivity index (χ1n) is 5.15. The lowest BCUT2D eigenvalue weighted by Gasteiger charge is -2.08. The van der Waals surface area contributed by atoms with Crippen LogP contribution in [-0.4, -0.2) is 9.55 Å². The fraction of sp³-hybridized carbons (Fsp3) is 0.231. The van der Waals surface area contributed by atoms with Gasteiger partial charge in [-0.25, -0.2) is 4.98 Å². The molecule has 80 valence electrons. The minimum Gasteiger partial charge on any atom is -0.302 e. The molecule has 0 radical (unpaired) electrons. The van der Waals surface area contributed by atoms with E-state index < -0.39 is 0 Å². The van der Waals surface area contributed by atoms with Crippen molar-refractivity contribution in [1.29, 1.82) is 5.26 Å². The molecule has 2 aromatic rings. The molecule has 16 heavy (non-hydrogen) atoms. The third-order valence-corrected chi connectivity index (χ3v) is 2.78. The number of rotatable bonds is 1. The zero-order valence-electron chi connectivity index (χ0n) is 9.65.